The van der Waals surface area contributed by atoms with Gasteiger partial charge in [-0.3, -0.25) is 0 Å². The fourth-order valence-corrected chi connectivity index (χ4v) is 2.27. The Kier molecular flexibility index (Phi) is 8.95. The Morgan fingerprint density at radius 2 is 1.64 bits per heavy atom. The molecule has 0 aromatic heterocycles. The van der Waals surface area contributed by atoms with Gasteiger partial charge in [0.1, 0.15) is 0 Å². The lowest BCUT2D eigenvalue weighted by atomic mass is 9.98. The molecule has 3 nitrogen and oxygen atoms in total. The van der Waals surface area contributed by atoms with Gasteiger partial charge < -0.3 is 16.6 Å². The van der Waals surface area contributed by atoms with Crippen molar-refractivity contribution in [3.05, 3.63) is 48.0 Å². The van der Waals surface area contributed by atoms with Crippen LogP contribution >= 0.6 is 24.8 Å². The van der Waals surface area contributed by atoms with Gasteiger partial charge in [0, 0.05) is 16.9 Å². The molecule has 0 saturated carbocycles. The number of unbranched alkanes of at least 4 members (excludes halogenated alkanes) is 1. The summed E-state index contributed by atoms with van der Waals surface area (Å²) in [5, 5.41) is 10.1. The van der Waals surface area contributed by atoms with Crippen LogP contribution in [-0.2, 0) is 0 Å². The van der Waals surface area contributed by atoms with Crippen LogP contribution in [0.2, 0.25) is 0 Å². The van der Waals surface area contributed by atoms with Crippen molar-refractivity contribution in [1.82, 2.24) is 0 Å². The zero-order valence-electron chi connectivity index (χ0n) is 12.7. The molecule has 1 atom stereocenters. The van der Waals surface area contributed by atoms with Gasteiger partial charge in [0.2, 0.25) is 0 Å². The molecule has 0 radical (unpaired) electrons. The van der Waals surface area contributed by atoms with Crippen LogP contribution in [0.3, 0.4) is 0 Å². The van der Waals surface area contributed by atoms with Crippen molar-refractivity contribution in [2.24, 2.45) is 0 Å². The quantitative estimate of drug-likeness (QED) is 0.696. The van der Waals surface area contributed by atoms with E-state index in [4.69, 9.17) is 11.5 Å². The molecule has 22 heavy (non-hydrogen) atoms. The molecule has 122 valence electrons. The molecule has 2 aromatic carbocycles. The molecule has 5 heteroatoms. The smallest absolute Gasteiger partial charge is 0.0790 e. The number of anilines is 2. The van der Waals surface area contributed by atoms with Gasteiger partial charge in [-0.2, -0.15) is 0 Å². The molecular formula is C17H24Cl2N2O. The third-order valence-corrected chi connectivity index (χ3v) is 3.51. The number of nitrogens with two attached hydrogens (primary N) is 2. The Balaban J connectivity index is 0.00000220. The van der Waals surface area contributed by atoms with Gasteiger partial charge in [-0.25, -0.2) is 0 Å². The minimum Gasteiger partial charge on any atom is -0.399 e. The Labute approximate surface area is 144 Å². The number of halogens is 2. The van der Waals surface area contributed by atoms with Gasteiger partial charge in [-0.1, -0.05) is 44.0 Å². The number of rotatable bonds is 5. The summed E-state index contributed by atoms with van der Waals surface area (Å²) in [4.78, 5) is 0. The van der Waals surface area contributed by atoms with E-state index in [0.29, 0.717) is 11.4 Å². The van der Waals surface area contributed by atoms with Crippen molar-refractivity contribution in [2.45, 2.75) is 32.3 Å². The average Bonchev–Trinajstić information content (AvgIpc) is 2.47. The molecule has 0 saturated heterocycles. The maximum atomic E-state index is 10.1. The van der Waals surface area contributed by atoms with Gasteiger partial charge in [-0.15, -0.1) is 24.8 Å². The summed E-state index contributed by atoms with van der Waals surface area (Å²) in [7, 11) is 0. The Morgan fingerprint density at radius 3 is 2.23 bits per heavy atom. The number of aliphatic hydroxyl groups is 1. The summed E-state index contributed by atoms with van der Waals surface area (Å²) in [5.74, 6) is 0. The van der Waals surface area contributed by atoms with Crippen LogP contribution in [0.25, 0.3) is 11.1 Å². The summed E-state index contributed by atoms with van der Waals surface area (Å²) in [6.07, 6.45) is 2.54. The first-order chi connectivity index (χ1) is 9.61. The van der Waals surface area contributed by atoms with E-state index in [-0.39, 0.29) is 30.9 Å². The van der Waals surface area contributed by atoms with E-state index >= 15 is 0 Å². The van der Waals surface area contributed by atoms with Crippen LogP contribution in [0, 0.1) is 0 Å². The van der Waals surface area contributed by atoms with Crippen LogP contribution in [0.1, 0.15) is 37.9 Å². The van der Waals surface area contributed by atoms with Crippen LogP contribution in [0.4, 0.5) is 11.4 Å². The Hall–Kier alpha value is -1.42. The van der Waals surface area contributed by atoms with Crippen molar-refractivity contribution >= 4 is 36.2 Å². The largest absolute Gasteiger partial charge is 0.399 e. The number of hydrogen-bond donors (Lipinski definition) is 3. The highest BCUT2D eigenvalue weighted by Gasteiger charge is 2.08. The topological polar surface area (TPSA) is 72.3 Å². The second kappa shape index (κ2) is 9.57. The van der Waals surface area contributed by atoms with E-state index in [1.54, 1.807) is 6.07 Å². The molecule has 0 aliphatic carbocycles. The fraction of sp³-hybridized carbons (Fsp3) is 0.294. The van der Waals surface area contributed by atoms with Crippen molar-refractivity contribution in [3.8, 4) is 11.1 Å². The van der Waals surface area contributed by atoms with Gasteiger partial charge in [0.15, 0.2) is 0 Å². The SMILES string of the molecule is CCCCC(O)c1ccc(-c2cc(N)ccc2N)cc1.Cl.Cl. The van der Waals surface area contributed by atoms with Gasteiger partial charge in [0.05, 0.1) is 6.10 Å². The molecule has 0 heterocycles. The molecule has 2 aromatic rings. The first-order valence-electron chi connectivity index (χ1n) is 7.05. The van der Waals surface area contributed by atoms with E-state index in [1.165, 1.54) is 0 Å². The van der Waals surface area contributed by atoms with E-state index in [2.05, 4.69) is 6.92 Å². The maximum absolute atomic E-state index is 10.1. The molecule has 0 aliphatic heterocycles. The molecule has 5 N–H and O–H groups in total. The summed E-state index contributed by atoms with van der Waals surface area (Å²) in [5.41, 5.74) is 16.1. The van der Waals surface area contributed by atoms with Gasteiger partial charge in [0.25, 0.3) is 0 Å². The van der Waals surface area contributed by atoms with Crippen molar-refractivity contribution < 1.29 is 5.11 Å². The molecular weight excluding hydrogens is 319 g/mol. The lowest BCUT2D eigenvalue weighted by molar-refractivity contribution is 0.164. The van der Waals surface area contributed by atoms with Gasteiger partial charge >= 0.3 is 0 Å². The third kappa shape index (κ3) is 5.09. The van der Waals surface area contributed by atoms with Crippen LogP contribution in [0.5, 0.6) is 0 Å². The molecule has 0 bridgehead atoms. The van der Waals surface area contributed by atoms with E-state index < -0.39 is 0 Å². The van der Waals surface area contributed by atoms with E-state index in [9.17, 15) is 5.11 Å². The molecule has 1 unspecified atom stereocenters. The normalized spacial score (nSPS) is 11.2. The van der Waals surface area contributed by atoms with Gasteiger partial charge in [-0.05, 0) is 35.7 Å². The summed E-state index contributed by atoms with van der Waals surface area (Å²) >= 11 is 0. The summed E-state index contributed by atoms with van der Waals surface area (Å²) in [6.45, 7) is 2.12. The van der Waals surface area contributed by atoms with Crippen LogP contribution in [0.15, 0.2) is 42.5 Å². The minimum atomic E-state index is -0.387. The van der Waals surface area contributed by atoms with Crippen molar-refractivity contribution in [2.75, 3.05) is 11.5 Å². The first kappa shape index (κ1) is 20.6. The second-order valence-corrected chi connectivity index (χ2v) is 5.13. The molecule has 0 fully saturated rings. The lowest BCUT2D eigenvalue weighted by Gasteiger charge is -2.12. The lowest BCUT2D eigenvalue weighted by Crippen LogP contribution is -1.97. The van der Waals surface area contributed by atoms with Crippen LogP contribution in [-0.4, -0.2) is 5.11 Å². The molecule has 2 rings (SSSR count). The van der Waals surface area contributed by atoms with E-state index in [1.807, 2.05) is 36.4 Å². The number of aliphatic hydroxyl groups excluding tert-OH is 1. The highest BCUT2D eigenvalue weighted by atomic mass is 35.5. The first-order valence-corrected chi connectivity index (χ1v) is 7.05. The van der Waals surface area contributed by atoms with Crippen molar-refractivity contribution in [3.63, 3.8) is 0 Å². The minimum absolute atomic E-state index is 0. The number of benzene rings is 2. The number of hydrogen-bond acceptors (Lipinski definition) is 3. The second-order valence-electron chi connectivity index (χ2n) is 5.13. The molecule has 0 amide bonds. The highest BCUT2D eigenvalue weighted by molar-refractivity contribution is 5.85. The Morgan fingerprint density at radius 1 is 1.00 bits per heavy atom. The average molecular weight is 343 g/mol. The monoisotopic (exact) mass is 342 g/mol. The van der Waals surface area contributed by atoms with E-state index in [0.717, 1.165) is 36.0 Å². The number of nitrogen functional groups attached to an aromatic ring is 2. The summed E-state index contributed by atoms with van der Waals surface area (Å²) < 4.78 is 0. The standard InChI is InChI=1S/C17H22N2O.2ClH/c1-2-3-4-17(20)13-7-5-12(6-8-13)15-11-14(18)9-10-16(15)19;;/h5-11,17,20H,2-4,18-19H2,1H3;2*1H. The summed E-state index contributed by atoms with van der Waals surface area (Å²) in [6, 6.07) is 13.4. The Bertz CT molecular complexity index is 573. The highest BCUT2D eigenvalue weighted by Crippen LogP contribution is 2.29. The van der Waals surface area contributed by atoms with Crippen LogP contribution < -0.4 is 11.5 Å². The van der Waals surface area contributed by atoms with Crippen molar-refractivity contribution in [1.29, 1.82) is 0 Å². The third-order valence-electron chi connectivity index (χ3n) is 3.51. The predicted molar refractivity (Wildman–Crippen MR) is 99.7 cm³/mol. The zero-order chi connectivity index (χ0) is 14.5. The molecule has 0 aliphatic rings. The predicted octanol–water partition coefficient (Wildman–Crippen LogP) is 4.59. The maximum Gasteiger partial charge on any atom is 0.0790 e. The fourth-order valence-electron chi connectivity index (χ4n) is 2.27. The zero-order valence-corrected chi connectivity index (χ0v) is 14.3. The molecule has 0 spiro atoms.